The molecule has 0 aliphatic heterocycles. The summed E-state index contributed by atoms with van der Waals surface area (Å²) >= 11 is 0. The van der Waals surface area contributed by atoms with Crippen LogP contribution >= 0.6 is 7.60 Å². The largest absolute Gasteiger partial charge is 0.480 e. The van der Waals surface area contributed by atoms with E-state index < -0.39 is 31.6 Å². The first-order valence-electron chi connectivity index (χ1n) is 4.98. The van der Waals surface area contributed by atoms with Crippen molar-refractivity contribution in [1.82, 2.24) is 0 Å². The van der Waals surface area contributed by atoms with Crippen molar-refractivity contribution in [2.24, 2.45) is 5.73 Å². The molecule has 0 heterocycles. The number of carboxylic acid groups (broad SMARTS) is 1. The number of carboxylic acids is 1. The van der Waals surface area contributed by atoms with Gasteiger partial charge in [-0.15, -0.1) is 0 Å². The smallest absolute Gasteiger partial charge is 0.356 e. The zero-order chi connectivity index (χ0) is 13.9. The van der Waals surface area contributed by atoms with E-state index in [0.29, 0.717) is 0 Å². The zero-order valence-electron chi connectivity index (χ0n) is 9.28. The van der Waals surface area contributed by atoms with Gasteiger partial charge in [-0.3, -0.25) is 9.36 Å². The normalized spacial score (nSPS) is 13.3. The Hall–Kier alpha value is -1.27. The molecule has 0 amide bonds. The lowest BCUT2D eigenvalue weighted by atomic mass is 10.0. The monoisotopic (exact) mass is 277 g/mol. The summed E-state index contributed by atoms with van der Waals surface area (Å²) in [5.74, 6) is -1.26. The fourth-order valence-corrected chi connectivity index (χ4v) is 2.40. The highest BCUT2D eigenvalue weighted by Gasteiger charge is 2.24. The summed E-state index contributed by atoms with van der Waals surface area (Å²) in [6, 6.07) is 2.60. The molecule has 1 atom stereocenters. The second-order valence-electron chi connectivity index (χ2n) is 3.74. The van der Waals surface area contributed by atoms with E-state index in [-0.39, 0.29) is 17.5 Å². The molecule has 1 aromatic carbocycles. The molecule has 6 nitrogen and oxygen atoms in total. The summed E-state index contributed by atoms with van der Waals surface area (Å²) in [4.78, 5) is 28.7. The van der Waals surface area contributed by atoms with Gasteiger partial charge in [0.15, 0.2) is 0 Å². The van der Waals surface area contributed by atoms with E-state index in [1.807, 2.05) is 0 Å². The average Bonchev–Trinajstić information content (AvgIpc) is 2.27. The molecule has 0 aliphatic carbocycles. The number of hydrogen-bond donors (Lipinski definition) is 4. The van der Waals surface area contributed by atoms with Gasteiger partial charge in [-0.1, -0.05) is 12.1 Å². The lowest BCUT2D eigenvalue weighted by Gasteiger charge is -2.14. The molecule has 0 radical (unpaired) electrons. The molecular weight excluding hydrogens is 264 g/mol. The highest BCUT2D eigenvalue weighted by atomic mass is 31.2. The van der Waals surface area contributed by atoms with E-state index in [4.69, 9.17) is 20.6 Å². The Morgan fingerprint density at radius 3 is 2.50 bits per heavy atom. The number of rotatable bonds is 5. The summed E-state index contributed by atoms with van der Waals surface area (Å²) in [7, 11) is -4.59. The number of nitrogens with two attached hydrogens (primary N) is 1. The molecule has 18 heavy (non-hydrogen) atoms. The van der Waals surface area contributed by atoms with Crippen molar-refractivity contribution in [1.29, 1.82) is 0 Å². The Labute approximate surface area is 102 Å². The van der Waals surface area contributed by atoms with Crippen molar-refractivity contribution in [2.75, 3.05) is 0 Å². The van der Waals surface area contributed by atoms with Gasteiger partial charge in [0.2, 0.25) is 0 Å². The van der Waals surface area contributed by atoms with Gasteiger partial charge in [-0.2, -0.15) is 0 Å². The topological polar surface area (TPSA) is 121 Å². The van der Waals surface area contributed by atoms with Crippen LogP contribution in [0, 0.1) is 0 Å². The van der Waals surface area contributed by atoms with E-state index in [2.05, 4.69) is 0 Å². The molecule has 1 aromatic rings. The number of aliphatic carboxylic acids is 1. The summed E-state index contributed by atoms with van der Waals surface area (Å²) < 4.78 is 24.1. The van der Waals surface area contributed by atoms with Crippen LogP contribution in [0.2, 0.25) is 0 Å². The van der Waals surface area contributed by atoms with Gasteiger partial charge in [0.05, 0.1) is 5.30 Å². The maximum absolute atomic E-state index is 12.9. The van der Waals surface area contributed by atoms with Crippen molar-refractivity contribution >= 4 is 18.9 Å². The summed E-state index contributed by atoms with van der Waals surface area (Å²) in [5, 5.41) is 8.23. The van der Waals surface area contributed by atoms with Gasteiger partial charge in [-0.25, -0.2) is 4.39 Å². The lowest BCUT2D eigenvalue weighted by Crippen LogP contribution is -2.33. The van der Waals surface area contributed by atoms with E-state index in [1.165, 1.54) is 12.1 Å². The van der Waals surface area contributed by atoms with Crippen LogP contribution in [-0.4, -0.2) is 26.9 Å². The fraction of sp³-hybridized carbons (Fsp3) is 0.300. The molecule has 0 fully saturated rings. The molecule has 0 aromatic heterocycles. The summed E-state index contributed by atoms with van der Waals surface area (Å²) in [6.45, 7) is -1.09. The third-order valence-electron chi connectivity index (χ3n) is 2.45. The number of hydrogen-bond acceptors (Lipinski definition) is 3. The fourth-order valence-electron chi connectivity index (χ4n) is 1.56. The first-order valence-corrected chi connectivity index (χ1v) is 6.59. The van der Waals surface area contributed by atoms with Crippen molar-refractivity contribution in [3.05, 3.63) is 29.3 Å². The van der Waals surface area contributed by atoms with Crippen LogP contribution in [-0.2, 0) is 22.5 Å². The van der Waals surface area contributed by atoms with Crippen LogP contribution in [0.1, 0.15) is 11.1 Å². The third kappa shape index (κ3) is 3.36. The minimum absolute atomic E-state index is 0.188. The minimum Gasteiger partial charge on any atom is -0.480 e. The first-order chi connectivity index (χ1) is 8.27. The average molecular weight is 277 g/mol. The SMILES string of the molecule is NC(Cc1cccc(P(=O)(O)O)c1CF)C(=O)O. The van der Waals surface area contributed by atoms with Gasteiger partial charge in [0.25, 0.3) is 0 Å². The summed E-state index contributed by atoms with van der Waals surface area (Å²) in [6.07, 6.45) is -0.192. The molecular formula is C10H13FNO5P. The molecule has 0 spiro atoms. The van der Waals surface area contributed by atoms with E-state index in [0.717, 1.165) is 6.07 Å². The Bertz CT molecular complexity index is 501. The highest BCUT2D eigenvalue weighted by molar-refractivity contribution is 7.60. The minimum atomic E-state index is -4.59. The lowest BCUT2D eigenvalue weighted by molar-refractivity contribution is -0.138. The first kappa shape index (κ1) is 14.8. The highest BCUT2D eigenvalue weighted by Crippen LogP contribution is 2.35. The molecule has 100 valence electrons. The zero-order valence-corrected chi connectivity index (χ0v) is 10.2. The Morgan fingerprint density at radius 2 is 2.06 bits per heavy atom. The standard InChI is InChI=1S/C10H13FNO5P/c11-5-7-6(4-8(12)10(13)14)2-1-3-9(7)18(15,16)17/h1-3,8H,4-5,12H2,(H,13,14)(H2,15,16,17). The van der Waals surface area contributed by atoms with E-state index in [1.54, 1.807) is 0 Å². The quantitative estimate of drug-likeness (QED) is 0.558. The predicted molar refractivity (Wildman–Crippen MR) is 62.2 cm³/mol. The van der Waals surface area contributed by atoms with Gasteiger partial charge >= 0.3 is 13.6 Å². The Kier molecular flexibility index (Phi) is 4.59. The molecule has 0 saturated carbocycles. The van der Waals surface area contributed by atoms with Crippen LogP contribution in [0.5, 0.6) is 0 Å². The van der Waals surface area contributed by atoms with Gasteiger partial charge in [-0.05, 0) is 18.1 Å². The predicted octanol–water partition coefficient (Wildman–Crippen LogP) is -0.0865. The molecule has 8 heteroatoms. The van der Waals surface area contributed by atoms with Crippen LogP contribution in [0.4, 0.5) is 4.39 Å². The number of benzene rings is 1. The number of carbonyl (C=O) groups is 1. The third-order valence-corrected chi connectivity index (χ3v) is 3.50. The van der Waals surface area contributed by atoms with Crippen LogP contribution < -0.4 is 11.0 Å². The molecule has 0 saturated heterocycles. The van der Waals surface area contributed by atoms with Gasteiger partial charge < -0.3 is 20.6 Å². The summed E-state index contributed by atoms with van der Waals surface area (Å²) in [5.41, 5.74) is 5.31. The van der Waals surface area contributed by atoms with Crippen molar-refractivity contribution in [3.63, 3.8) is 0 Å². The van der Waals surface area contributed by atoms with E-state index >= 15 is 0 Å². The molecule has 1 rings (SSSR count). The Morgan fingerprint density at radius 1 is 1.44 bits per heavy atom. The molecule has 1 unspecified atom stereocenters. The number of halogens is 1. The number of alkyl halides is 1. The van der Waals surface area contributed by atoms with Crippen LogP contribution in [0.25, 0.3) is 0 Å². The van der Waals surface area contributed by atoms with Gasteiger partial charge in [0, 0.05) is 5.56 Å². The van der Waals surface area contributed by atoms with Crippen molar-refractivity contribution in [3.8, 4) is 0 Å². The van der Waals surface area contributed by atoms with Crippen molar-refractivity contribution in [2.45, 2.75) is 19.1 Å². The van der Waals surface area contributed by atoms with Gasteiger partial charge in [0.1, 0.15) is 12.7 Å². The van der Waals surface area contributed by atoms with Crippen molar-refractivity contribution < 1.29 is 28.6 Å². The molecule has 5 N–H and O–H groups in total. The van der Waals surface area contributed by atoms with Crippen LogP contribution in [0.15, 0.2) is 18.2 Å². The molecule has 0 aliphatic rings. The molecule has 0 bridgehead atoms. The second kappa shape index (κ2) is 5.58. The Balaban J connectivity index is 3.21. The van der Waals surface area contributed by atoms with E-state index in [9.17, 15) is 13.8 Å². The second-order valence-corrected chi connectivity index (χ2v) is 5.31. The maximum Gasteiger partial charge on any atom is 0.356 e. The maximum atomic E-state index is 12.9. The van der Waals surface area contributed by atoms with Crippen LogP contribution in [0.3, 0.4) is 0 Å².